The van der Waals surface area contributed by atoms with Gasteiger partial charge in [0.05, 0.1) is 12.2 Å². The van der Waals surface area contributed by atoms with Crippen molar-refractivity contribution in [1.29, 1.82) is 0 Å². The molecule has 0 unspecified atom stereocenters. The van der Waals surface area contributed by atoms with Gasteiger partial charge in [0.2, 0.25) is 0 Å². The van der Waals surface area contributed by atoms with Crippen LogP contribution in [-0.4, -0.2) is 26.7 Å². The number of hydrogen-bond acceptors (Lipinski definition) is 6. The highest BCUT2D eigenvalue weighted by atomic mass is 32.1. The summed E-state index contributed by atoms with van der Waals surface area (Å²) < 4.78 is 1.69. The lowest BCUT2D eigenvalue weighted by atomic mass is 10.4. The number of carbonyl (C=O) groups excluding carboxylic acids is 1. The highest BCUT2D eigenvalue weighted by molar-refractivity contribution is 7.18. The van der Waals surface area contributed by atoms with Gasteiger partial charge in [-0.05, 0) is 18.9 Å². The third-order valence-corrected chi connectivity index (χ3v) is 3.96. The maximum atomic E-state index is 12.1. The maximum absolute atomic E-state index is 12.1. The van der Waals surface area contributed by atoms with Gasteiger partial charge in [-0.25, -0.2) is 4.98 Å². The molecule has 0 bridgehead atoms. The van der Waals surface area contributed by atoms with Crippen molar-refractivity contribution in [3.05, 3.63) is 22.8 Å². The third kappa shape index (κ3) is 2.90. The molecule has 3 rings (SSSR count). The number of aryl methyl sites for hydroxylation is 1. The first-order valence-corrected chi connectivity index (χ1v) is 7.23. The lowest BCUT2D eigenvalue weighted by molar-refractivity contribution is 0.0955. The third-order valence-electron chi connectivity index (χ3n) is 2.96. The second-order valence-electron chi connectivity index (χ2n) is 4.82. The molecule has 7 nitrogen and oxygen atoms in total. The van der Waals surface area contributed by atoms with Gasteiger partial charge in [-0.1, -0.05) is 11.3 Å². The minimum absolute atomic E-state index is 0.213. The number of nitrogen functional groups attached to an aromatic ring is 1. The number of nitrogens with one attached hydrogen (secondary N) is 2. The Balaban J connectivity index is 1.62. The van der Waals surface area contributed by atoms with Gasteiger partial charge < -0.3 is 16.4 Å². The smallest absolute Gasteiger partial charge is 0.265 e. The van der Waals surface area contributed by atoms with Crippen LogP contribution in [0.25, 0.3) is 0 Å². The number of rotatable bonds is 5. The lowest BCUT2D eigenvalue weighted by Gasteiger charge is -2.01. The molecule has 1 fully saturated rings. The molecular weight excluding hydrogens is 276 g/mol. The molecule has 0 radical (unpaired) electrons. The zero-order valence-corrected chi connectivity index (χ0v) is 11.9. The van der Waals surface area contributed by atoms with Gasteiger partial charge in [-0.15, -0.1) is 0 Å². The molecule has 0 atom stereocenters. The Labute approximate surface area is 120 Å². The zero-order chi connectivity index (χ0) is 14.1. The first-order valence-electron chi connectivity index (χ1n) is 6.41. The van der Waals surface area contributed by atoms with Crippen LogP contribution in [-0.2, 0) is 13.6 Å². The second-order valence-corrected chi connectivity index (χ2v) is 5.81. The van der Waals surface area contributed by atoms with E-state index < -0.39 is 0 Å². The SMILES string of the molecule is Cn1ccc(CNC(=O)c2sc(NC3CC3)nc2N)n1. The minimum Gasteiger partial charge on any atom is -0.382 e. The van der Waals surface area contributed by atoms with Crippen LogP contribution in [0.15, 0.2) is 12.3 Å². The standard InChI is InChI=1S/C12H16N6OS/c1-18-5-4-8(17-18)6-14-11(19)9-10(13)16-12(20-9)15-7-2-3-7/h4-5,7H,2-3,6,13H2,1H3,(H,14,19)(H,15,16). The Morgan fingerprint density at radius 1 is 1.60 bits per heavy atom. The summed E-state index contributed by atoms with van der Waals surface area (Å²) in [6.07, 6.45) is 4.14. The Kier molecular flexibility index (Phi) is 3.31. The minimum atomic E-state index is -0.213. The van der Waals surface area contributed by atoms with Crippen LogP contribution in [0.2, 0.25) is 0 Å². The number of nitrogens with two attached hydrogens (primary N) is 1. The predicted molar refractivity (Wildman–Crippen MR) is 77.5 cm³/mol. The summed E-state index contributed by atoms with van der Waals surface area (Å²) in [6.45, 7) is 0.377. The molecule has 0 saturated heterocycles. The van der Waals surface area contributed by atoms with Crippen molar-refractivity contribution in [2.24, 2.45) is 7.05 Å². The fourth-order valence-corrected chi connectivity index (χ4v) is 2.65. The maximum Gasteiger partial charge on any atom is 0.265 e. The molecule has 0 aromatic carbocycles. The Bertz CT molecular complexity index is 630. The highest BCUT2D eigenvalue weighted by Crippen LogP contribution is 2.30. The van der Waals surface area contributed by atoms with Gasteiger partial charge in [0, 0.05) is 19.3 Å². The van der Waals surface area contributed by atoms with Crippen LogP contribution in [0.4, 0.5) is 10.9 Å². The molecule has 2 aromatic heterocycles. The monoisotopic (exact) mass is 292 g/mol. The van der Waals surface area contributed by atoms with E-state index in [1.54, 1.807) is 4.68 Å². The van der Waals surface area contributed by atoms with Crippen LogP contribution in [0, 0.1) is 0 Å². The number of hydrogen-bond donors (Lipinski definition) is 3. The first kappa shape index (κ1) is 12.9. The van der Waals surface area contributed by atoms with E-state index in [1.807, 2.05) is 19.3 Å². The van der Waals surface area contributed by atoms with Crippen LogP contribution in [0.3, 0.4) is 0 Å². The summed E-state index contributed by atoms with van der Waals surface area (Å²) in [5.74, 6) is 0.0613. The molecule has 0 aliphatic heterocycles. The zero-order valence-electron chi connectivity index (χ0n) is 11.1. The lowest BCUT2D eigenvalue weighted by Crippen LogP contribution is -2.23. The summed E-state index contributed by atoms with van der Waals surface area (Å²) >= 11 is 1.29. The van der Waals surface area contributed by atoms with Crippen molar-refractivity contribution in [3.63, 3.8) is 0 Å². The molecular formula is C12H16N6OS. The molecule has 1 saturated carbocycles. The second kappa shape index (κ2) is 5.12. The van der Waals surface area contributed by atoms with E-state index in [2.05, 4.69) is 20.7 Å². The quantitative estimate of drug-likeness (QED) is 0.762. The van der Waals surface area contributed by atoms with Crippen LogP contribution >= 0.6 is 11.3 Å². The topological polar surface area (TPSA) is 97.9 Å². The molecule has 8 heteroatoms. The number of carbonyl (C=O) groups is 1. The largest absolute Gasteiger partial charge is 0.382 e. The summed E-state index contributed by atoms with van der Waals surface area (Å²) in [5.41, 5.74) is 6.60. The van der Waals surface area contributed by atoms with Gasteiger partial charge in [-0.2, -0.15) is 5.10 Å². The molecule has 4 N–H and O–H groups in total. The molecule has 106 valence electrons. The number of aromatic nitrogens is 3. The number of amides is 1. The van der Waals surface area contributed by atoms with E-state index in [4.69, 9.17) is 5.73 Å². The highest BCUT2D eigenvalue weighted by Gasteiger charge is 2.24. The molecule has 2 heterocycles. The van der Waals surface area contributed by atoms with E-state index in [0.717, 1.165) is 18.5 Å². The fourth-order valence-electron chi connectivity index (χ4n) is 1.77. The van der Waals surface area contributed by atoms with E-state index in [9.17, 15) is 4.79 Å². The molecule has 1 aliphatic rings. The fraction of sp³-hybridized carbons (Fsp3) is 0.417. The molecule has 0 spiro atoms. The summed E-state index contributed by atoms with van der Waals surface area (Å²) in [6, 6.07) is 2.35. The van der Waals surface area contributed by atoms with Crippen molar-refractivity contribution in [3.8, 4) is 0 Å². The van der Waals surface area contributed by atoms with Crippen LogP contribution in [0.1, 0.15) is 28.2 Å². The first-order chi connectivity index (χ1) is 9.61. The van der Waals surface area contributed by atoms with Crippen molar-refractivity contribution < 1.29 is 4.79 Å². The van der Waals surface area contributed by atoms with Crippen molar-refractivity contribution >= 4 is 28.2 Å². The van der Waals surface area contributed by atoms with Gasteiger partial charge in [0.25, 0.3) is 5.91 Å². The number of anilines is 2. The Hall–Kier alpha value is -2.09. The van der Waals surface area contributed by atoms with E-state index in [1.165, 1.54) is 11.3 Å². The Morgan fingerprint density at radius 2 is 2.40 bits per heavy atom. The van der Waals surface area contributed by atoms with Crippen molar-refractivity contribution in [2.75, 3.05) is 11.1 Å². The van der Waals surface area contributed by atoms with Gasteiger partial charge in [-0.3, -0.25) is 9.48 Å². The summed E-state index contributed by atoms with van der Waals surface area (Å²) in [7, 11) is 1.84. The van der Waals surface area contributed by atoms with Crippen molar-refractivity contribution in [2.45, 2.75) is 25.4 Å². The van der Waals surface area contributed by atoms with Crippen LogP contribution < -0.4 is 16.4 Å². The normalized spacial score (nSPS) is 14.2. The predicted octanol–water partition coefficient (Wildman–Crippen LogP) is 0.963. The van der Waals surface area contributed by atoms with Gasteiger partial charge in [0.15, 0.2) is 5.13 Å². The molecule has 2 aromatic rings. The van der Waals surface area contributed by atoms with Gasteiger partial charge in [0.1, 0.15) is 10.7 Å². The van der Waals surface area contributed by atoms with Gasteiger partial charge >= 0.3 is 0 Å². The molecule has 1 aliphatic carbocycles. The Morgan fingerprint density at radius 3 is 3.05 bits per heavy atom. The number of nitrogens with zero attached hydrogens (tertiary/aromatic N) is 3. The average molecular weight is 292 g/mol. The van der Waals surface area contributed by atoms with E-state index in [-0.39, 0.29) is 11.7 Å². The summed E-state index contributed by atoms with van der Waals surface area (Å²) in [4.78, 5) is 16.7. The van der Waals surface area contributed by atoms with E-state index >= 15 is 0 Å². The molecule has 1 amide bonds. The molecule has 20 heavy (non-hydrogen) atoms. The van der Waals surface area contributed by atoms with Crippen molar-refractivity contribution in [1.82, 2.24) is 20.1 Å². The van der Waals surface area contributed by atoms with E-state index in [0.29, 0.717) is 22.6 Å². The number of thiazole rings is 1. The average Bonchev–Trinajstić information content (AvgIpc) is 3.00. The summed E-state index contributed by atoms with van der Waals surface area (Å²) in [5, 5.41) is 11.0. The van der Waals surface area contributed by atoms with Crippen LogP contribution in [0.5, 0.6) is 0 Å².